The molecule has 0 aromatic heterocycles. The summed E-state index contributed by atoms with van der Waals surface area (Å²) in [4.78, 5) is 0. The third kappa shape index (κ3) is 2.32. The van der Waals surface area contributed by atoms with Crippen LogP contribution in [-0.2, 0) is 0 Å². The molecule has 0 aliphatic carbocycles. The van der Waals surface area contributed by atoms with Gasteiger partial charge in [0.2, 0.25) is 0 Å². The van der Waals surface area contributed by atoms with Crippen molar-refractivity contribution in [3.8, 4) is 0 Å². The molecule has 0 rings (SSSR count). The molecule has 1 atom stereocenters. The van der Waals surface area contributed by atoms with Crippen molar-refractivity contribution in [3.63, 3.8) is 0 Å². The molecule has 0 heteroatoms. The zero-order chi connectivity index (χ0) is 11.6. The second-order valence-electron chi connectivity index (χ2n) is 6.20. The molecule has 0 heterocycles. The molecule has 0 saturated heterocycles. The fourth-order valence-corrected chi connectivity index (χ4v) is 3.09. The highest BCUT2D eigenvalue weighted by molar-refractivity contribution is 4.93. The van der Waals surface area contributed by atoms with Gasteiger partial charge in [-0.3, -0.25) is 0 Å². The molecule has 14 heavy (non-hydrogen) atoms. The molecular formula is C14H30. The first kappa shape index (κ1) is 14.0. The fraction of sp³-hybridized carbons (Fsp3) is 1.00. The lowest BCUT2D eigenvalue weighted by Gasteiger charge is -2.51. The van der Waals surface area contributed by atoms with Crippen LogP contribution in [0, 0.1) is 22.7 Å². The Bertz CT molecular complexity index is 157. The molecule has 0 saturated carbocycles. The number of hydrogen-bond donors (Lipinski definition) is 0. The van der Waals surface area contributed by atoms with Gasteiger partial charge in [-0.1, -0.05) is 68.2 Å². The van der Waals surface area contributed by atoms with Crippen molar-refractivity contribution in [2.24, 2.45) is 22.7 Å². The van der Waals surface area contributed by atoms with Crippen molar-refractivity contribution in [2.45, 2.75) is 68.2 Å². The van der Waals surface area contributed by atoms with Crippen LogP contribution in [0.15, 0.2) is 0 Å². The summed E-state index contributed by atoms with van der Waals surface area (Å²) in [6.45, 7) is 19.1. The van der Waals surface area contributed by atoms with Crippen molar-refractivity contribution in [2.75, 3.05) is 0 Å². The van der Waals surface area contributed by atoms with E-state index >= 15 is 0 Å². The van der Waals surface area contributed by atoms with Crippen LogP contribution in [0.5, 0.6) is 0 Å². The summed E-state index contributed by atoms with van der Waals surface area (Å²) in [6, 6.07) is 0. The van der Waals surface area contributed by atoms with E-state index in [1.165, 1.54) is 12.8 Å². The van der Waals surface area contributed by atoms with E-state index in [1.807, 2.05) is 0 Å². The summed E-state index contributed by atoms with van der Waals surface area (Å²) in [5.74, 6) is 1.61. The van der Waals surface area contributed by atoms with Gasteiger partial charge in [0.1, 0.15) is 0 Å². The van der Waals surface area contributed by atoms with E-state index in [4.69, 9.17) is 0 Å². The van der Waals surface area contributed by atoms with Gasteiger partial charge in [-0.25, -0.2) is 0 Å². The standard InChI is InChI=1S/C14H30/c1-9-12(10-2)14(8,11(3)4)13(5,6)7/h11-12H,9-10H2,1-8H3/t14-/m0/s1. The summed E-state index contributed by atoms with van der Waals surface area (Å²) >= 11 is 0. The lowest BCUT2D eigenvalue weighted by atomic mass is 9.54. The van der Waals surface area contributed by atoms with E-state index in [0.717, 1.165) is 11.8 Å². The summed E-state index contributed by atoms with van der Waals surface area (Å²) in [5, 5.41) is 0. The van der Waals surface area contributed by atoms with E-state index < -0.39 is 0 Å². The van der Waals surface area contributed by atoms with Gasteiger partial charge in [0, 0.05) is 0 Å². The molecule has 0 nitrogen and oxygen atoms in total. The van der Waals surface area contributed by atoms with Gasteiger partial charge in [0.25, 0.3) is 0 Å². The molecular weight excluding hydrogens is 168 g/mol. The molecule has 0 bridgehead atoms. The molecule has 0 aromatic rings. The average Bonchev–Trinajstić information content (AvgIpc) is 2.03. The third-order valence-corrected chi connectivity index (χ3v) is 4.65. The maximum atomic E-state index is 2.48. The molecule has 0 aliphatic heterocycles. The number of hydrogen-bond acceptors (Lipinski definition) is 0. The van der Waals surface area contributed by atoms with Gasteiger partial charge in [-0.15, -0.1) is 0 Å². The minimum absolute atomic E-state index is 0.401. The van der Waals surface area contributed by atoms with Gasteiger partial charge >= 0.3 is 0 Å². The van der Waals surface area contributed by atoms with E-state index in [1.54, 1.807) is 0 Å². The molecule has 0 spiro atoms. The van der Waals surface area contributed by atoms with Gasteiger partial charge < -0.3 is 0 Å². The Balaban J connectivity index is 5.08. The summed E-state index contributed by atoms with van der Waals surface area (Å²) in [6.07, 6.45) is 2.62. The number of rotatable bonds is 4. The van der Waals surface area contributed by atoms with Gasteiger partial charge in [-0.2, -0.15) is 0 Å². The van der Waals surface area contributed by atoms with Crippen LogP contribution < -0.4 is 0 Å². The highest BCUT2D eigenvalue weighted by Gasteiger charge is 2.44. The van der Waals surface area contributed by atoms with Crippen molar-refractivity contribution in [3.05, 3.63) is 0 Å². The van der Waals surface area contributed by atoms with E-state index in [0.29, 0.717) is 10.8 Å². The second-order valence-corrected chi connectivity index (χ2v) is 6.20. The van der Waals surface area contributed by atoms with Crippen molar-refractivity contribution >= 4 is 0 Å². The molecule has 0 radical (unpaired) electrons. The van der Waals surface area contributed by atoms with Gasteiger partial charge in [-0.05, 0) is 22.7 Å². The Labute approximate surface area is 91.5 Å². The van der Waals surface area contributed by atoms with E-state index in [-0.39, 0.29) is 0 Å². The summed E-state index contributed by atoms with van der Waals surface area (Å²) < 4.78 is 0. The van der Waals surface area contributed by atoms with Gasteiger partial charge in [0.15, 0.2) is 0 Å². The van der Waals surface area contributed by atoms with Crippen LogP contribution in [0.3, 0.4) is 0 Å². The first-order valence-corrected chi connectivity index (χ1v) is 6.21. The molecule has 0 amide bonds. The Morgan fingerprint density at radius 1 is 0.857 bits per heavy atom. The van der Waals surface area contributed by atoms with E-state index in [9.17, 15) is 0 Å². The first-order valence-electron chi connectivity index (χ1n) is 6.21. The smallest absolute Gasteiger partial charge is 0.0226 e. The molecule has 0 N–H and O–H groups in total. The average molecular weight is 198 g/mol. The maximum absolute atomic E-state index is 2.48. The molecule has 0 fully saturated rings. The van der Waals surface area contributed by atoms with E-state index in [2.05, 4.69) is 55.4 Å². The van der Waals surface area contributed by atoms with Crippen LogP contribution in [0.1, 0.15) is 68.2 Å². The second kappa shape index (κ2) is 4.68. The fourth-order valence-electron chi connectivity index (χ4n) is 3.09. The Kier molecular flexibility index (Phi) is 4.68. The van der Waals surface area contributed by atoms with Crippen LogP contribution in [0.25, 0.3) is 0 Å². The monoisotopic (exact) mass is 198 g/mol. The third-order valence-electron chi connectivity index (χ3n) is 4.65. The van der Waals surface area contributed by atoms with Crippen molar-refractivity contribution < 1.29 is 0 Å². The Morgan fingerprint density at radius 2 is 1.21 bits per heavy atom. The predicted octanol–water partition coefficient (Wildman–Crippen LogP) is 5.13. The summed E-state index contributed by atoms with van der Waals surface area (Å²) in [7, 11) is 0. The Hall–Kier alpha value is 0. The van der Waals surface area contributed by atoms with Crippen molar-refractivity contribution in [1.82, 2.24) is 0 Å². The molecule has 0 aromatic carbocycles. The predicted molar refractivity (Wildman–Crippen MR) is 66.5 cm³/mol. The minimum Gasteiger partial charge on any atom is -0.0651 e. The highest BCUT2D eigenvalue weighted by atomic mass is 14.5. The molecule has 86 valence electrons. The Morgan fingerprint density at radius 3 is 1.29 bits per heavy atom. The zero-order valence-corrected chi connectivity index (χ0v) is 11.6. The van der Waals surface area contributed by atoms with Crippen LogP contribution in [0.4, 0.5) is 0 Å². The molecule has 0 unspecified atom stereocenters. The zero-order valence-electron chi connectivity index (χ0n) is 11.6. The maximum Gasteiger partial charge on any atom is -0.0226 e. The topological polar surface area (TPSA) is 0 Å². The lowest BCUT2D eigenvalue weighted by Crippen LogP contribution is -2.43. The largest absolute Gasteiger partial charge is 0.0651 e. The summed E-state index contributed by atoms with van der Waals surface area (Å²) in [5.41, 5.74) is 0.856. The SMILES string of the molecule is CCC(CC)[C@](C)(C(C)C)C(C)(C)C. The quantitative estimate of drug-likeness (QED) is 0.587. The molecule has 0 aliphatic rings. The van der Waals surface area contributed by atoms with Crippen LogP contribution in [0.2, 0.25) is 0 Å². The van der Waals surface area contributed by atoms with Gasteiger partial charge in [0.05, 0.1) is 0 Å². The van der Waals surface area contributed by atoms with Crippen molar-refractivity contribution in [1.29, 1.82) is 0 Å². The highest BCUT2D eigenvalue weighted by Crippen LogP contribution is 2.52. The minimum atomic E-state index is 0.401. The first-order chi connectivity index (χ1) is 6.21. The lowest BCUT2D eigenvalue weighted by molar-refractivity contribution is -0.0179. The van der Waals surface area contributed by atoms with Crippen LogP contribution in [-0.4, -0.2) is 0 Å². The normalized spacial score (nSPS) is 17.6. The van der Waals surface area contributed by atoms with Crippen LogP contribution >= 0.6 is 0 Å².